The Balaban J connectivity index is 1.54. The van der Waals surface area contributed by atoms with Gasteiger partial charge in [0, 0.05) is 29.8 Å². The second kappa shape index (κ2) is 7.27. The molecule has 0 unspecified atom stereocenters. The lowest BCUT2D eigenvalue weighted by atomic mass is 10.2. The molecule has 0 amide bonds. The molecule has 2 aromatic heterocycles. The zero-order valence-electron chi connectivity index (χ0n) is 14.3. The van der Waals surface area contributed by atoms with Gasteiger partial charge in [0.15, 0.2) is 0 Å². The largest absolute Gasteiger partial charge is 0.465 e. The van der Waals surface area contributed by atoms with E-state index in [4.69, 9.17) is 9.47 Å². The average molecular weight is 370 g/mol. The van der Waals surface area contributed by atoms with Crippen LogP contribution in [0.3, 0.4) is 0 Å². The number of hydrogen-bond acceptors (Lipinski definition) is 8. The molecule has 4 rings (SSSR count). The number of anilines is 3. The number of thiophene rings is 1. The minimum absolute atomic E-state index is 0.393. The Kier molecular flexibility index (Phi) is 4.68. The van der Waals surface area contributed by atoms with E-state index in [1.165, 1.54) is 24.1 Å². The number of hydrogen-bond donors (Lipinski definition) is 1. The third kappa shape index (κ3) is 3.33. The van der Waals surface area contributed by atoms with E-state index in [0.29, 0.717) is 17.0 Å². The van der Waals surface area contributed by atoms with Crippen molar-refractivity contribution in [2.24, 2.45) is 0 Å². The van der Waals surface area contributed by atoms with Crippen LogP contribution in [0.5, 0.6) is 0 Å². The summed E-state index contributed by atoms with van der Waals surface area (Å²) in [6.07, 6.45) is 1.71. The fraction of sp³-hybridized carbons (Fsp3) is 0.278. The lowest BCUT2D eigenvalue weighted by Gasteiger charge is -2.28. The molecule has 1 saturated heterocycles. The molecule has 0 bridgehead atoms. The first kappa shape index (κ1) is 16.7. The fourth-order valence-electron chi connectivity index (χ4n) is 2.85. The van der Waals surface area contributed by atoms with E-state index in [-0.39, 0.29) is 0 Å². The average Bonchev–Trinajstić information content (AvgIpc) is 3.12. The molecule has 0 saturated carbocycles. The van der Waals surface area contributed by atoms with Crippen LogP contribution in [0.25, 0.3) is 10.2 Å². The summed E-state index contributed by atoms with van der Waals surface area (Å²) in [7, 11) is 1.36. The number of benzene rings is 1. The zero-order valence-corrected chi connectivity index (χ0v) is 15.1. The SMILES string of the molecule is COC(=O)c1csc2cnc(Nc3ccc(N4CCOCC4)cc3)nc12. The summed E-state index contributed by atoms with van der Waals surface area (Å²) >= 11 is 1.42. The van der Waals surface area contributed by atoms with Gasteiger partial charge in [-0.2, -0.15) is 0 Å². The van der Waals surface area contributed by atoms with Crippen molar-refractivity contribution in [1.29, 1.82) is 0 Å². The van der Waals surface area contributed by atoms with Crippen molar-refractivity contribution in [3.8, 4) is 0 Å². The van der Waals surface area contributed by atoms with E-state index in [2.05, 4.69) is 32.3 Å². The number of nitrogens with one attached hydrogen (secondary N) is 1. The Hall–Kier alpha value is -2.71. The van der Waals surface area contributed by atoms with Gasteiger partial charge in [-0.3, -0.25) is 0 Å². The molecule has 0 spiro atoms. The molecule has 3 aromatic rings. The highest BCUT2D eigenvalue weighted by molar-refractivity contribution is 7.17. The summed E-state index contributed by atoms with van der Waals surface area (Å²) in [5.74, 6) is 0.0518. The van der Waals surface area contributed by atoms with Crippen LogP contribution in [0.15, 0.2) is 35.8 Å². The molecule has 7 nitrogen and oxygen atoms in total. The first-order valence-electron chi connectivity index (χ1n) is 8.27. The molecular weight excluding hydrogens is 352 g/mol. The highest BCUT2D eigenvalue weighted by atomic mass is 32.1. The summed E-state index contributed by atoms with van der Waals surface area (Å²) in [6.45, 7) is 3.33. The molecule has 8 heteroatoms. The second-order valence-electron chi connectivity index (χ2n) is 5.82. The van der Waals surface area contributed by atoms with Gasteiger partial charge in [-0.15, -0.1) is 11.3 Å². The van der Waals surface area contributed by atoms with E-state index >= 15 is 0 Å². The number of methoxy groups -OCH3 is 1. The van der Waals surface area contributed by atoms with Gasteiger partial charge < -0.3 is 19.7 Å². The maximum atomic E-state index is 11.8. The summed E-state index contributed by atoms with van der Waals surface area (Å²) < 4.78 is 11.0. The lowest BCUT2D eigenvalue weighted by molar-refractivity contribution is 0.0603. The van der Waals surface area contributed by atoms with E-state index < -0.39 is 5.97 Å². The molecule has 3 heterocycles. The Morgan fingerprint density at radius 2 is 2.04 bits per heavy atom. The molecule has 26 heavy (non-hydrogen) atoms. The van der Waals surface area contributed by atoms with Crippen molar-refractivity contribution in [3.63, 3.8) is 0 Å². The lowest BCUT2D eigenvalue weighted by Crippen LogP contribution is -2.36. The van der Waals surface area contributed by atoms with Crippen LogP contribution in [-0.4, -0.2) is 49.4 Å². The monoisotopic (exact) mass is 370 g/mol. The van der Waals surface area contributed by atoms with Crippen LogP contribution >= 0.6 is 11.3 Å². The number of carbonyl (C=O) groups excluding carboxylic acids is 1. The Morgan fingerprint density at radius 1 is 1.27 bits per heavy atom. The minimum atomic E-state index is -0.393. The summed E-state index contributed by atoms with van der Waals surface area (Å²) in [4.78, 5) is 22.9. The number of morpholine rings is 1. The minimum Gasteiger partial charge on any atom is -0.465 e. The first-order valence-corrected chi connectivity index (χ1v) is 9.15. The molecule has 134 valence electrons. The van der Waals surface area contributed by atoms with Gasteiger partial charge in [-0.25, -0.2) is 14.8 Å². The number of aromatic nitrogens is 2. The normalized spacial score (nSPS) is 14.4. The van der Waals surface area contributed by atoms with Gasteiger partial charge in [-0.1, -0.05) is 0 Å². The highest BCUT2D eigenvalue weighted by Crippen LogP contribution is 2.26. The van der Waals surface area contributed by atoms with Crippen LogP contribution in [0, 0.1) is 0 Å². The zero-order chi connectivity index (χ0) is 17.9. The van der Waals surface area contributed by atoms with E-state index in [1.807, 2.05) is 12.1 Å². The summed E-state index contributed by atoms with van der Waals surface area (Å²) in [6, 6.07) is 8.12. The van der Waals surface area contributed by atoms with Crippen molar-refractivity contribution in [2.75, 3.05) is 43.6 Å². The van der Waals surface area contributed by atoms with E-state index in [9.17, 15) is 4.79 Å². The third-order valence-electron chi connectivity index (χ3n) is 4.22. The van der Waals surface area contributed by atoms with Gasteiger partial charge >= 0.3 is 5.97 Å². The fourth-order valence-corrected chi connectivity index (χ4v) is 3.68. The molecule has 1 fully saturated rings. The predicted octanol–water partition coefficient (Wildman–Crippen LogP) is 3.06. The van der Waals surface area contributed by atoms with Crippen LogP contribution in [0.4, 0.5) is 17.3 Å². The first-order chi connectivity index (χ1) is 12.7. The topological polar surface area (TPSA) is 76.6 Å². The molecule has 1 N–H and O–H groups in total. The third-order valence-corrected chi connectivity index (χ3v) is 5.13. The van der Waals surface area contributed by atoms with Gasteiger partial charge in [-0.05, 0) is 24.3 Å². The summed E-state index contributed by atoms with van der Waals surface area (Å²) in [5, 5.41) is 4.93. The van der Waals surface area contributed by atoms with Gasteiger partial charge in [0.2, 0.25) is 5.95 Å². The van der Waals surface area contributed by atoms with Crippen LogP contribution < -0.4 is 10.2 Å². The molecule has 0 radical (unpaired) electrons. The van der Waals surface area contributed by atoms with Gasteiger partial charge in [0.05, 0.1) is 36.8 Å². The number of ether oxygens (including phenoxy) is 2. The maximum Gasteiger partial charge on any atom is 0.340 e. The van der Waals surface area contributed by atoms with Gasteiger partial charge in [0.1, 0.15) is 5.52 Å². The van der Waals surface area contributed by atoms with E-state index in [1.54, 1.807) is 11.6 Å². The molecule has 0 atom stereocenters. The van der Waals surface area contributed by atoms with Gasteiger partial charge in [0.25, 0.3) is 0 Å². The maximum absolute atomic E-state index is 11.8. The van der Waals surface area contributed by atoms with Crippen molar-refractivity contribution in [2.45, 2.75) is 0 Å². The molecule has 1 aromatic carbocycles. The second-order valence-corrected chi connectivity index (χ2v) is 6.73. The molecule has 1 aliphatic rings. The standard InChI is InChI=1S/C18H18N4O3S/c1-24-17(23)14-11-26-15-10-19-18(21-16(14)15)20-12-2-4-13(5-3-12)22-6-8-25-9-7-22/h2-5,10-11H,6-9H2,1H3,(H,19,20,21). The highest BCUT2D eigenvalue weighted by Gasteiger charge is 2.15. The predicted molar refractivity (Wildman–Crippen MR) is 102 cm³/mol. The van der Waals surface area contributed by atoms with Crippen molar-refractivity contribution < 1.29 is 14.3 Å². The van der Waals surface area contributed by atoms with Crippen LogP contribution in [0.2, 0.25) is 0 Å². The number of carbonyl (C=O) groups is 1. The number of rotatable bonds is 4. The number of esters is 1. The quantitative estimate of drug-likeness (QED) is 0.707. The Morgan fingerprint density at radius 3 is 2.77 bits per heavy atom. The molecular formula is C18H18N4O3S. The van der Waals surface area contributed by atoms with Crippen LogP contribution in [-0.2, 0) is 9.47 Å². The number of fused-ring (bicyclic) bond motifs is 1. The number of nitrogens with zero attached hydrogens (tertiary/aromatic N) is 3. The Bertz CT molecular complexity index is 920. The Labute approximate surface area is 154 Å². The summed E-state index contributed by atoms with van der Waals surface area (Å²) in [5.41, 5.74) is 3.11. The van der Waals surface area contributed by atoms with Crippen molar-refractivity contribution in [3.05, 3.63) is 41.4 Å². The smallest absolute Gasteiger partial charge is 0.340 e. The van der Waals surface area contributed by atoms with E-state index in [0.717, 1.165) is 36.7 Å². The molecule has 1 aliphatic heterocycles. The van der Waals surface area contributed by atoms with Crippen LogP contribution in [0.1, 0.15) is 10.4 Å². The molecule has 0 aliphatic carbocycles. The van der Waals surface area contributed by atoms with Crippen molar-refractivity contribution >= 4 is 44.8 Å². The van der Waals surface area contributed by atoms with Crippen molar-refractivity contribution in [1.82, 2.24) is 9.97 Å².